The summed E-state index contributed by atoms with van der Waals surface area (Å²) in [5, 5.41) is 13.5. The lowest BCUT2D eigenvalue weighted by Crippen LogP contribution is -2.20. The van der Waals surface area contributed by atoms with Crippen molar-refractivity contribution in [3.63, 3.8) is 0 Å². The number of benzene rings is 2. The van der Waals surface area contributed by atoms with Gasteiger partial charge in [-0.2, -0.15) is 0 Å². The van der Waals surface area contributed by atoms with Gasteiger partial charge in [0.2, 0.25) is 0 Å². The lowest BCUT2D eigenvalue weighted by molar-refractivity contribution is -0.119. The first-order chi connectivity index (χ1) is 14.4. The van der Waals surface area contributed by atoms with Crippen molar-refractivity contribution in [3.8, 4) is 22.8 Å². The largest absolute Gasteiger partial charge is 0.508 e. The molecule has 0 radical (unpaired) electrons. The number of hydrogen-bond donors (Lipinski definition) is 3. The molecule has 0 unspecified atom stereocenters. The molecule has 0 aliphatic heterocycles. The maximum absolute atomic E-state index is 11.2. The van der Waals surface area contributed by atoms with E-state index in [-0.39, 0.29) is 12.4 Å². The second kappa shape index (κ2) is 7.79. The van der Waals surface area contributed by atoms with Crippen LogP contribution in [-0.2, 0) is 4.79 Å². The maximum atomic E-state index is 11.2. The topological polar surface area (TPSA) is 102 Å². The number of rotatable bonds is 6. The van der Waals surface area contributed by atoms with Crippen LogP contribution in [0.2, 0.25) is 0 Å². The highest BCUT2D eigenvalue weighted by Crippen LogP contribution is 2.39. The fraction of sp³-hybridized carbons (Fsp3) is 0.130. The molecule has 2 aromatic carbocycles. The number of anilines is 2. The highest BCUT2D eigenvalue weighted by Gasteiger charge is 2.20. The van der Waals surface area contributed by atoms with E-state index in [1.807, 2.05) is 60.8 Å². The van der Waals surface area contributed by atoms with Gasteiger partial charge in [0.1, 0.15) is 28.7 Å². The summed E-state index contributed by atoms with van der Waals surface area (Å²) >= 11 is 0. The van der Waals surface area contributed by atoms with Crippen LogP contribution < -0.4 is 15.8 Å². The van der Waals surface area contributed by atoms with Gasteiger partial charge in [0.15, 0.2) is 6.61 Å². The molecule has 152 valence electrons. The van der Waals surface area contributed by atoms with Crippen LogP contribution in [0.15, 0.2) is 60.8 Å². The van der Waals surface area contributed by atoms with Gasteiger partial charge in [0.25, 0.3) is 5.91 Å². The third kappa shape index (κ3) is 3.65. The number of imidazole rings is 1. The molecule has 4 aromatic rings. The van der Waals surface area contributed by atoms with Gasteiger partial charge in [-0.3, -0.25) is 9.20 Å². The molecular formula is C23H22N4O3. The van der Waals surface area contributed by atoms with Gasteiger partial charge in [0.05, 0.1) is 0 Å². The number of para-hydroxylation sites is 1. The Hall–Kier alpha value is -4.00. The zero-order valence-corrected chi connectivity index (χ0v) is 16.7. The first-order valence-electron chi connectivity index (χ1n) is 9.49. The summed E-state index contributed by atoms with van der Waals surface area (Å²) in [6.45, 7) is 3.78. The molecule has 0 spiro atoms. The number of carbonyl (C=O) groups is 1. The van der Waals surface area contributed by atoms with Crippen molar-refractivity contribution in [3.05, 3.63) is 71.9 Å². The Kier molecular flexibility index (Phi) is 5.02. The molecule has 0 atom stereocenters. The number of nitrogens with one attached hydrogen (secondary N) is 1. The number of hydrogen-bond acceptors (Lipinski definition) is 5. The van der Waals surface area contributed by atoms with Crippen LogP contribution >= 0.6 is 0 Å². The van der Waals surface area contributed by atoms with E-state index in [0.717, 1.165) is 28.3 Å². The molecule has 0 saturated carbocycles. The predicted molar refractivity (Wildman–Crippen MR) is 116 cm³/mol. The summed E-state index contributed by atoms with van der Waals surface area (Å²) in [7, 11) is 0. The SMILES string of the molecule is Cc1cccc(C)c1Nc1c(-c2ccc(O)cc2OCC(N)=O)nc2ccccn12. The number of carbonyl (C=O) groups excluding carboxylic acids is 1. The number of aromatic hydroxyl groups is 1. The molecule has 1 amide bonds. The Balaban J connectivity index is 1.90. The number of ether oxygens (including phenoxy) is 1. The Labute approximate surface area is 173 Å². The zero-order chi connectivity index (χ0) is 21.3. The monoisotopic (exact) mass is 402 g/mol. The second-order valence-electron chi connectivity index (χ2n) is 7.07. The number of aryl methyl sites for hydroxylation is 2. The van der Waals surface area contributed by atoms with Crippen molar-refractivity contribution in [2.45, 2.75) is 13.8 Å². The van der Waals surface area contributed by atoms with E-state index < -0.39 is 5.91 Å². The summed E-state index contributed by atoms with van der Waals surface area (Å²) < 4.78 is 7.52. The maximum Gasteiger partial charge on any atom is 0.255 e. The Bertz CT molecular complexity index is 1230. The summed E-state index contributed by atoms with van der Waals surface area (Å²) in [5.74, 6) is 0.485. The molecule has 2 aromatic heterocycles. The number of nitrogens with two attached hydrogens (primary N) is 1. The van der Waals surface area contributed by atoms with Gasteiger partial charge < -0.3 is 20.9 Å². The minimum Gasteiger partial charge on any atom is -0.508 e. The second-order valence-corrected chi connectivity index (χ2v) is 7.07. The van der Waals surface area contributed by atoms with Crippen molar-refractivity contribution < 1.29 is 14.6 Å². The van der Waals surface area contributed by atoms with E-state index in [2.05, 4.69) is 5.32 Å². The van der Waals surface area contributed by atoms with E-state index in [1.165, 1.54) is 6.07 Å². The molecular weight excluding hydrogens is 380 g/mol. The van der Waals surface area contributed by atoms with Crippen LogP contribution in [0.4, 0.5) is 11.5 Å². The quantitative estimate of drug-likeness (QED) is 0.454. The standard InChI is InChI=1S/C23H22N4O3/c1-14-6-5-7-15(2)21(14)26-23-22(25-20-8-3-4-11-27(20)23)17-10-9-16(28)12-18(17)30-13-19(24)29/h3-12,26,28H,13H2,1-2H3,(H2,24,29). The lowest BCUT2D eigenvalue weighted by Gasteiger charge is -2.15. The van der Waals surface area contributed by atoms with E-state index >= 15 is 0 Å². The zero-order valence-electron chi connectivity index (χ0n) is 16.7. The van der Waals surface area contributed by atoms with E-state index in [0.29, 0.717) is 17.0 Å². The van der Waals surface area contributed by atoms with Crippen molar-refractivity contribution in [1.29, 1.82) is 0 Å². The highest BCUT2D eigenvalue weighted by atomic mass is 16.5. The molecule has 0 saturated heterocycles. The number of phenolic OH excluding ortho intramolecular Hbond substituents is 1. The van der Waals surface area contributed by atoms with Crippen molar-refractivity contribution in [1.82, 2.24) is 9.38 Å². The number of nitrogens with zero attached hydrogens (tertiary/aromatic N) is 2. The fourth-order valence-electron chi connectivity index (χ4n) is 3.41. The molecule has 0 aliphatic carbocycles. The normalized spacial score (nSPS) is 10.9. The van der Waals surface area contributed by atoms with E-state index in [4.69, 9.17) is 15.5 Å². The molecule has 30 heavy (non-hydrogen) atoms. The van der Waals surface area contributed by atoms with Crippen molar-refractivity contribution in [2.75, 3.05) is 11.9 Å². The summed E-state index contributed by atoms with van der Waals surface area (Å²) in [5.41, 5.74) is 10.4. The van der Waals surface area contributed by atoms with Crippen LogP contribution in [0.1, 0.15) is 11.1 Å². The fourth-order valence-corrected chi connectivity index (χ4v) is 3.41. The first-order valence-corrected chi connectivity index (χ1v) is 9.49. The number of aromatic nitrogens is 2. The molecule has 4 rings (SSSR count). The number of phenols is 1. The average molecular weight is 402 g/mol. The number of pyridine rings is 1. The molecule has 2 heterocycles. The minimum atomic E-state index is -0.604. The lowest BCUT2D eigenvalue weighted by atomic mass is 10.1. The molecule has 7 nitrogen and oxygen atoms in total. The summed E-state index contributed by atoms with van der Waals surface area (Å²) in [6, 6.07) is 16.6. The Morgan fingerprint density at radius 1 is 1.13 bits per heavy atom. The van der Waals surface area contributed by atoms with Crippen LogP contribution in [0.3, 0.4) is 0 Å². The third-order valence-corrected chi connectivity index (χ3v) is 4.84. The Morgan fingerprint density at radius 2 is 1.90 bits per heavy atom. The average Bonchev–Trinajstić information content (AvgIpc) is 3.07. The number of primary amides is 1. The van der Waals surface area contributed by atoms with Crippen LogP contribution in [0.5, 0.6) is 11.5 Å². The van der Waals surface area contributed by atoms with Crippen LogP contribution in [0, 0.1) is 13.8 Å². The van der Waals surface area contributed by atoms with Crippen molar-refractivity contribution in [2.24, 2.45) is 5.73 Å². The van der Waals surface area contributed by atoms with Gasteiger partial charge in [-0.05, 0) is 49.2 Å². The van der Waals surface area contributed by atoms with Gasteiger partial charge in [-0.15, -0.1) is 0 Å². The van der Waals surface area contributed by atoms with Crippen molar-refractivity contribution >= 4 is 23.1 Å². The predicted octanol–water partition coefficient (Wildman–Crippen LogP) is 3.93. The summed E-state index contributed by atoms with van der Waals surface area (Å²) in [4.78, 5) is 16.0. The molecule has 4 N–H and O–H groups in total. The van der Waals surface area contributed by atoms with Crippen LogP contribution in [0.25, 0.3) is 16.9 Å². The molecule has 0 bridgehead atoms. The number of fused-ring (bicyclic) bond motifs is 1. The third-order valence-electron chi connectivity index (χ3n) is 4.84. The van der Waals surface area contributed by atoms with E-state index in [9.17, 15) is 9.90 Å². The minimum absolute atomic E-state index is 0.0197. The first kappa shape index (κ1) is 19.3. The van der Waals surface area contributed by atoms with E-state index in [1.54, 1.807) is 12.1 Å². The van der Waals surface area contributed by atoms with Crippen LogP contribution in [-0.4, -0.2) is 27.0 Å². The highest BCUT2D eigenvalue weighted by molar-refractivity contribution is 5.84. The molecule has 0 fully saturated rings. The Morgan fingerprint density at radius 3 is 2.63 bits per heavy atom. The van der Waals surface area contributed by atoms with Gasteiger partial charge >= 0.3 is 0 Å². The number of amides is 1. The smallest absolute Gasteiger partial charge is 0.255 e. The van der Waals surface area contributed by atoms with Gasteiger partial charge in [-0.25, -0.2) is 4.98 Å². The summed E-state index contributed by atoms with van der Waals surface area (Å²) in [6.07, 6.45) is 1.92. The molecule has 0 aliphatic rings. The van der Waals surface area contributed by atoms with Gasteiger partial charge in [0, 0.05) is 23.5 Å². The van der Waals surface area contributed by atoms with Gasteiger partial charge in [-0.1, -0.05) is 24.3 Å². The molecule has 7 heteroatoms.